The summed E-state index contributed by atoms with van der Waals surface area (Å²) in [4.78, 5) is 6.22. The molecule has 0 radical (unpaired) electrons. The van der Waals surface area contributed by atoms with Gasteiger partial charge in [-0.25, -0.2) is 0 Å². The van der Waals surface area contributed by atoms with Gasteiger partial charge in [0.25, 0.3) is 0 Å². The summed E-state index contributed by atoms with van der Waals surface area (Å²) in [5.41, 5.74) is 1.59. The van der Waals surface area contributed by atoms with Gasteiger partial charge in [0.2, 0.25) is 0 Å². The van der Waals surface area contributed by atoms with Crippen LogP contribution in [0.2, 0.25) is 0 Å². The Bertz CT molecular complexity index is 740. The quantitative estimate of drug-likeness (QED) is 0.323. The number of nitrogens with one attached hydrogen (secondary N) is 2. The number of ether oxygens (including phenoxy) is 1. The highest BCUT2D eigenvalue weighted by Crippen LogP contribution is 2.22. The molecule has 156 valence electrons. The van der Waals surface area contributed by atoms with Gasteiger partial charge in [0.15, 0.2) is 5.96 Å². The first kappa shape index (κ1) is 24.2. The standard InChI is InChI=1S/C19H26F2N4O2.HI/c1-13-7-8-16(27-18(20)21)14(10-13)11-23-19(22-2)24-12-15(25(3)4)17-6-5-9-26-17;/h5-10,15,18H,11-12H2,1-4H3,(H2,22,23,24);1H. The van der Waals surface area contributed by atoms with Gasteiger partial charge in [0, 0.05) is 25.7 Å². The summed E-state index contributed by atoms with van der Waals surface area (Å²) >= 11 is 0. The zero-order valence-corrected chi connectivity index (χ0v) is 18.7. The van der Waals surface area contributed by atoms with E-state index in [-0.39, 0.29) is 35.8 Å². The van der Waals surface area contributed by atoms with Crippen molar-refractivity contribution in [3.8, 4) is 5.75 Å². The Hall–Kier alpha value is -1.88. The molecule has 9 heteroatoms. The molecule has 6 nitrogen and oxygen atoms in total. The molecule has 0 aliphatic heterocycles. The second-order valence-electron chi connectivity index (χ2n) is 6.29. The van der Waals surface area contributed by atoms with Crippen LogP contribution in [0.3, 0.4) is 0 Å². The minimum atomic E-state index is -2.86. The molecule has 0 aliphatic rings. The first-order valence-corrected chi connectivity index (χ1v) is 8.59. The van der Waals surface area contributed by atoms with Crippen LogP contribution in [0.4, 0.5) is 8.78 Å². The normalized spacial score (nSPS) is 12.6. The largest absolute Gasteiger partial charge is 0.468 e. The van der Waals surface area contributed by atoms with E-state index in [0.717, 1.165) is 11.3 Å². The summed E-state index contributed by atoms with van der Waals surface area (Å²) < 4.78 is 35.3. The van der Waals surface area contributed by atoms with Crippen LogP contribution in [0.1, 0.15) is 22.9 Å². The van der Waals surface area contributed by atoms with Crippen LogP contribution in [0.5, 0.6) is 5.75 Å². The number of nitrogens with zero attached hydrogens (tertiary/aromatic N) is 2. The molecule has 0 saturated carbocycles. The summed E-state index contributed by atoms with van der Waals surface area (Å²) in [6.07, 6.45) is 1.64. The number of rotatable bonds is 8. The molecule has 1 aromatic carbocycles. The fraction of sp³-hybridized carbons (Fsp3) is 0.421. The maximum Gasteiger partial charge on any atom is 0.387 e. The number of halogens is 3. The van der Waals surface area contributed by atoms with Gasteiger partial charge in [-0.15, -0.1) is 24.0 Å². The monoisotopic (exact) mass is 508 g/mol. The Morgan fingerprint density at radius 1 is 1.25 bits per heavy atom. The lowest BCUT2D eigenvalue weighted by molar-refractivity contribution is -0.0504. The first-order valence-electron chi connectivity index (χ1n) is 8.59. The third-order valence-electron chi connectivity index (χ3n) is 4.06. The van der Waals surface area contributed by atoms with E-state index in [1.807, 2.05) is 44.1 Å². The van der Waals surface area contributed by atoms with Gasteiger partial charge < -0.3 is 19.8 Å². The molecule has 1 atom stereocenters. The molecule has 0 aliphatic carbocycles. The molecule has 2 aromatic rings. The third-order valence-corrected chi connectivity index (χ3v) is 4.06. The van der Waals surface area contributed by atoms with Gasteiger partial charge in [-0.2, -0.15) is 8.78 Å². The maximum atomic E-state index is 12.6. The summed E-state index contributed by atoms with van der Waals surface area (Å²) in [7, 11) is 5.58. The molecule has 2 rings (SSSR count). The Balaban J connectivity index is 0.00000392. The highest BCUT2D eigenvalue weighted by molar-refractivity contribution is 14.0. The van der Waals surface area contributed by atoms with Crippen molar-refractivity contribution in [2.24, 2.45) is 4.99 Å². The van der Waals surface area contributed by atoms with Crippen LogP contribution in [0.25, 0.3) is 0 Å². The number of hydrogen-bond donors (Lipinski definition) is 2. The van der Waals surface area contributed by atoms with Crippen LogP contribution in [0.15, 0.2) is 46.0 Å². The summed E-state index contributed by atoms with van der Waals surface area (Å²) in [5.74, 6) is 1.55. The number of likely N-dealkylation sites (N-methyl/N-ethyl adjacent to an activating group) is 1. The zero-order chi connectivity index (χ0) is 19.8. The van der Waals surface area contributed by atoms with Crippen molar-refractivity contribution in [3.05, 3.63) is 53.5 Å². The number of furan rings is 1. The van der Waals surface area contributed by atoms with E-state index in [1.54, 1.807) is 25.4 Å². The Morgan fingerprint density at radius 3 is 2.57 bits per heavy atom. The van der Waals surface area contributed by atoms with E-state index >= 15 is 0 Å². The fourth-order valence-electron chi connectivity index (χ4n) is 2.67. The zero-order valence-electron chi connectivity index (χ0n) is 16.4. The number of benzene rings is 1. The maximum absolute atomic E-state index is 12.6. The van der Waals surface area contributed by atoms with Crippen molar-refractivity contribution in [3.63, 3.8) is 0 Å². The lowest BCUT2D eigenvalue weighted by Gasteiger charge is -2.24. The van der Waals surface area contributed by atoms with Crippen LogP contribution in [0, 0.1) is 6.92 Å². The molecule has 0 saturated heterocycles. The van der Waals surface area contributed by atoms with Crippen molar-refractivity contribution in [1.29, 1.82) is 0 Å². The molecule has 2 N–H and O–H groups in total. The molecule has 1 aromatic heterocycles. The van der Waals surface area contributed by atoms with Gasteiger partial charge in [-0.1, -0.05) is 17.7 Å². The molecular formula is C19H27F2IN4O2. The average molecular weight is 508 g/mol. The first-order chi connectivity index (χ1) is 12.9. The highest BCUT2D eigenvalue weighted by atomic mass is 127. The predicted molar refractivity (Wildman–Crippen MR) is 117 cm³/mol. The van der Waals surface area contributed by atoms with E-state index in [4.69, 9.17) is 4.42 Å². The molecular weight excluding hydrogens is 481 g/mol. The minimum absolute atomic E-state index is 0. The van der Waals surface area contributed by atoms with Gasteiger partial charge in [0.05, 0.1) is 12.3 Å². The van der Waals surface area contributed by atoms with Crippen molar-refractivity contribution < 1.29 is 17.9 Å². The molecule has 0 amide bonds. The second kappa shape index (κ2) is 11.8. The molecule has 0 fully saturated rings. The van der Waals surface area contributed by atoms with Gasteiger partial charge in [0.1, 0.15) is 11.5 Å². The molecule has 0 spiro atoms. The van der Waals surface area contributed by atoms with E-state index in [1.165, 1.54) is 0 Å². The van der Waals surface area contributed by atoms with Gasteiger partial charge in [-0.3, -0.25) is 9.89 Å². The number of alkyl halides is 2. The number of hydrogen-bond acceptors (Lipinski definition) is 4. The van der Waals surface area contributed by atoms with Crippen LogP contribution in [-0.2, 0) is 6.54 Å². The molecule has 1 unspecified atom stereocenters. The van der Waals surface area contributed by atoms with Crippen LogP contribution >= 0.6 is 24.0 Å². The second-order valence-corrected chi connectivity index (χ2v) is 6.29. The molecule has 0 bridgehead atoms. The molecule has 1 heterocycles. The van der Waals surface area contributed by atoms with Crippen molar-refractivity contribution in [1.82, 2.24) is 15.5 Å². The third kappa shape index (κ3) is 7.27. The van der Waals surface area contributed by atoms with Crippen LogP contribution in [-0.4, -0.2) is 45.2 Å². The summed E-state index contributed by atoms with van der Waals surface area (Å²) in [6.45, 7) is -0.100. The van der Waals surface area contributed by atoms with E-state index in [9.17, 15) is 8.78 Å². The number of guanidine groups is 1. The SMILES string of the molecule is CN=C(NCc1cc(C)ccc1OC(F)F)NCC(c1ccco1)N(C)C.I. The summed E-state index contributed by atoms with van der Waals surface area (Å²) in [6, 6.07) is 8.89. The van der Waals surface area contributed by atoms with Gasteiger partial charge in [-0.05, 0) is 39.2 Å². The van der Waals surface area contributed by atoms with E-state index < -0.39 is 6.61 Å². The van der Waals surface area contributed by atoms with Crippen molar-refractivity contribution in [2.45, 2.75) is 26.1 Å². The smallest absolute Gasteiger partial charge is 0.387 e. The van der Waals surface area contributed by atoms with Crippen molar-refractivity contribution >= 4 is 29.9 Å². The Labute approximate surface area is 181 Å². The minimum Gasteiger partial charge on any atom is -0.468 e. The van der Waals surface area contributed by atoms with E-state index in [2.05, 4.69) is 20.4 Å². The Morgan fingerprint density at radius 2 is 2.00 bits per heavy atom. The highest BCUT2D eigenvalue weighted by Gasteiger charge is 2.17. The lowest BCUT2D eigenvalue weighted by atomic mass is 10.1. The number of aliphatic imine (C=N–C) groups is 1. The van der Waals surface area contributed by atoms with Crippen molar-refractivity contribution in [2.75, 3.05) is 27.7 Å². The lowest BCUT2D eigenvalue weighted by Crippen LogP contribution is -2.41. The average Bonchev–Trinajstić information content (AvgIpc) is 3.13. The van der Waals surface area contributed by atoms with Gasteiger partial charge >= 0.3 is 6.61 Å². The summed E-state index contributed by atoms with van der Waals surface area (Å²) in [5, 5.41) is 6.36. The van der Waals surface area contributed by atoms with E-state index in [0.29, 0.717) is 24.6 Å². The number of aryl methyl sites for hydroxylation is 1. The fourth-order valence-corrected chi connectivity index (χ4v) is 2.67. The predicted octanol–water partition coefficient (Wildman–Crippen LogP) is 3.78. The van der Waals surface area contributed by atoms with Crippen LogP contribution < -0.4 is 15.4 Å². The topological polar surface area (TPSA) is 62.0 Å². The Kier molecular flexibility index (Phi) is 10.2. The molecule has 28 heavy (non-hydrogen) atoms.